The molecule has 6 heteroatoms. The first-order chi connectivity index (χ1) is 6.69. The van der Waals surface area contributed by atoms with Gasteiger partial charge in [0.25, 0.3) is 5.56 Å². The van der Waals surface area contributed by atoms with Crippen molar-refractivity contribution >= 4 is 0 Å². The quantitative estimate of drug-likeness (QED) is 0.708. The van der Waals surface area contributed by atoms with E-state index in [1.54, 1.807) is 13.8 Å². The van der Waals surface area contributed by atoms with Gasteiger partial charge in [0.1, 0.15) is 0 Å². The first-order valence-corrected chi connectivity index (χ1v) is 4.31. The predicted molar refractivity (Wildman–Crippen MR) is 50.0 cm³/mol. The molecule has 0 aliphatic carbocycles. The van der Waals surface area contributed by atoms with Crippen LogP contribution >= 0.6 is 0 Å². The molecule has 0 aromatic carbocycles. The molecule has 0 unspecified atom stereocenters. The summed E-state index contributed by atoms with van der Waals surface area (Å²) in [6, 6.07) is 0. The monoisotopic (exact) mass is 200 g/mol. The van der Waals surface area contributed by atoms with Crippen LogP contribution in [-0.4, -0.2) is 23.2 Å². The van der Waals surface area contributed by atoms with Crippen molar-refractivity contribution in [1.29, 1.82) is 0 Å². The van der Waals surface area contributed by atoms with E-state index in [0.29, 0.717) is 13.2 Å². The summed E-state index contributed by atoms with van der Waals surface area (Å²) in [4.78, 5) is 26.5. The molecule has 0 aliphatic rings. The molecule has 1 aromatic heterocycles. The van der Waals surface area contributed by atoms with Crippen molar-refractivity contribution in [3.8, 4) is 11.6 Å². The van der Waals surface area contributed by atoms with Gasteiger partial charge in [-0.2, -0.15) is 0 Å². The van der Waals surface area contributed by atoms with E-state index in [1.165, 1.54) is 0 Å². The Hall–Kier alpha value is -1.72. The minimum absolute atomic E-state index is 0.00829. The van der Waals surface area contributed by atoms with Gasteiger partial charge in [0.15, 0.2) is 0 Å². The van der Waals surface area contributed by atoms with E-state index in [2.05, 4.69) is 9.97 Å². The zero-order valence-corrected chi connectivity index (χ0v) is 8.05. The van der Waals surface area contributed by atoms with Crippen LogP contribution < -0.4 is 20.7 Å². The highest BCUT2D eigenvalue weighted by atomic mass is 16.5. The lowest BCUT2D eigenvalue weighted by Gasteiger charge is -2.07. The smallest absolute Gasteiger partial charge is 0.328 e. The van der Waals surface area contributed by atoms with Crippen LogP contribution in [-0.2, 0) is 0 Å². The molecular weight excluding hydrogens is 188 g/mol. The summed E-state index contributed by atoms with van der Waals surface area (Å²) in [7, 11) is 0. The molecule has 1 aromatic rings. The van der Waals surface area contributed by atoms with Gasteiger partial charge in [-0.15, -0.1) is 0 Å². The number of aromatic amines is 2. The molecule has 0 aliphatic heterocycles. The van der Waals surface area contributed by atoms with Gasteiger partial charge in [-0.05, 0) is 13.8 Å². The fourth-order valence-electron chi connectivity index (χ4n) is 0.976. The zero-order valence-electron chi connectivity index (χ0n) is 8.05. The van der Waals surface area contributed by atoms with Crippen LogP contribution in [0.4, 0.5) is 0 Å². The maximum Gasteiger partial charge on any atom is 0.328 e. The van der Waals surface area contributed by atoms with Gasteiger partial charge in [0, 0.05) is 0 Å². The molecule has 0 atom stereocenters. The summed E-state index contributed by atoms with van der Waals surface area (Å²) in [6.45, 7) is 4.16. The molecule has 1 rings (SSSR count). The fraction of sp³-hybridized carbons (Fsp3) is 0.500. The summed E-state index contributed by atoms with van der Waals surface area (Å²) in [5.41, 5.74) is -1.19. The van der Waals surface area contributed by atoms with Crippen molar-refractivity contribution in [1.82, 2.24) is 9.97 Å². The fourth-order valence-corrected chi connectivity index (χ4v) is 0.976. The van der Waals surface area contributed by atoms with E-state index in [0.717, 1.165) is 0 Å². The Kier molecular flexibility index (Phi) is 3.33. The summed E-state index contributed by atoms with van der Waals surface area (Å²) < 4.78 is 10.1. The Labute approximate surface area is 79.9 Å². The molecule has 78 valence electrons. The third-order valence-corrected chi connectivity index (χ3v) is 1.44. The zero-order chi connectivity index (χ0) is 10.6. The first-order valence-electron chi connectivity index (χ1n) is 4.31. The molecule has 0 fully saturated rings. The molecule has 1 heterocycles. The summed E-state index contributed by atoms with van der Waals surface area (Å²) in [5, 5.41) is 0. The molecule has 0 saturated heterocycles. The summed E-state index contributed by atoms with van der Waals surface area (Å²) >= 11 is 0. The Bertz CT molecular complexity index is 407. The number of aromatic nitrogens is 2. The molecule has 0 saturated carbocycles. The van der Waals surface area contributed by atoms with Gasteiger partial charge in [-0.3, -0.25) is 14.8 Å². The Morgan fingerprint density at radius 1 is 1.07 bits per heavy atom. The van der Waals surface area contributed by atoms with Crippen LogP contribution in [0, 0.1) is 0 Å². The van der Waals surface area contributed by atoms with Crippen LogP contribution in [0.3, 0.4) is 0 Å². The first kappa shape index (κ1) is 10.4. The second kappa shape index (κ2) is 4.50. The van der Waals surface area contributed by atoms with Gasteiger partial charge in [0.2, 0.25) is 11.6 Å². The van der Waals surface area contributed by atoms with Crippen LogP contribution in [0.25, 0.3) is 0 Å². The molecule has 0 spiro atoms. The van der Waals surface area contributed by atoms with Crippen LogP contribution in [0.2, 0.25) is 0 Å². The number of hydrogen-bond acceptors (Lipinski definition) is 4. The van der Waals surface area contributed by atoms with Crippen molar-refractivity contribution in [2.45, 2.75) is 13.8 Å². The second-order valence-corrected chi connectivity index (χ2v) is 2.43. The molecule has 6 nitrogen and oxygen atoms in total. The van der Waals surface area contributed by atoms with Crippen molar-refractivity contribution in [2.24, 2.45) is 0 Å². The predicted octanol–water partition coefficient (Wildman–Crippen LogP) is -0.139. The van der Waals surface area contributed by atoms with Crippen molar-refractivity contribution in [3.05, 3.63) is 20.8 Å². The number of nitrogens with one attached hydrogen (secondary N) is 2. The van der Waals surface area contributed by atoms with E-state index in [1.807, 2.05) is 0 Å². The minimum atomic E-state index is -0.609. The molecule has 0 bridgehead atoms. The molecule has 0 radical (unpaired) electrons. The maximum atomic E-state index is 11.2. The number of rotatable bonds is 4. The molecular formula is C8H12N2O4. The maximum absolute atomic E-state index is 11.2. The largest absolute Gasteiger partial charge is 0.484 e. The highest BCUT2D eigenvalue weighted by Crippen LogP contribution is 2.16. The summed E-state index contributed by atoms with van der Waals surface area (Å²) in [6.07, 6.45) is 0. The van der Waals surface area contributed by atoms with Crippen molar-refractivity contribution in [3.63, 3.8) is 0 Å². The van der Waals surface area contributed by atoms with E-state index in [-0.39, 0.29) is 11.6 Å². The lowest BCUT2D eigenvalue weighted by molar-refractivity contribution is 0.273. The highest BCUT2D eigenvalue weighted by Gasteiger charge is 2.10. The van der Waals surface area contributed by atoms with Gasteiger partial charge in [-0.25, -0.2) is 4.79 Å². The van der Waals surface area contributed by atoms with E-state index >= 15 is 0 Å². The molecule has 14 heavy (non-hydrogen) atoms. The van der Waals surface area contributed by atoms with Crippen molar-refractivity contribution in [2.75, 3.05) is 13.2 Å². The number of H-pyrrole nitrogens is 2. The highest BCUT2D eigenvalue weighted by molar-refractivity contribution is 5.29. The second-order valence-electron chi connectivity index (χ2n) is 2.43. The third kappa shape index (κ3) is 2.15. The average molecular weight is 200 g/mol. The van der Waals surface area contributed by atoms with Crippen molar-refractivity contribution < 1.29 is 9.47 Å². The van der Waals surface area contributed by atoms with E-state index in [9.17, 15) is 9.59 Å². The van der Waals surface area contributed by atoms with Gasteiger partial charge in [0.05, 0.1) is 13.2 Å². The standard InChI is InChI=1S/C8H12N2O4/c1-3-13-5-6(11)9-8(12)10-7(5)14-4-2/h3-4H2,1-2H3,(H2,9,10,11,12). The van der Waals surface area contributed by atoms with Crippen LogP contribution in [0.15, 0.2) is 9.59 Å². The van der Waals surface area contributed by atoms with Gasteiger partial charge < -0.3 is 9.47 Å². The molecule has 0 amide bonds. The van der Waals surface area contributed by atoms with E-state index < -0.39 is 11.2 Å². The van der Waals surface area contributed by atoms with Crippen LogP contribution in [0.5, 0.6) is 11.6 Å². The third-order valence-electron chi connectivity index (χ3n) is 1.44. The van der Waals surface area contributed by atoms with Gasteiger partial charge >= 0.3 is 5.69 Å². The Morgan fingerprint density at radius 2 is 1.71 bits per heavy atom. The topological polar surface area (TPSA) is 84.2 Å². The normalized spacial score (nSPS) is 9.86. The summed E-state index contributed by atoms with van der Waals surface area (Å²) in [5.74, 6) is 0.0806. The Morgan fingerprint density at radius 3 is 2.29 bits per heavy atom. The lowest BCUT2D eigenvalue weighted by Crippen LogP contribution is -2.24. The lowest BCUT2D eigenvalue weighted by atomic mass is 10.5. The van der Waals surface area contributed by atoms with Gasteiger partial charge in [-0.1, -0.05) is 0 Å². The number of ether oxygens (including phenoxy) is 2. The SMILES string of the molecule is CCOc1[nH]c(=O)[nH]c(=O)c1OCC. The van der Waals surface area contributed by atoms with E-state index in [4.69, 9.17) is 9.47 Å². The minimum Gasteiger partial charge on any atom is -0.484 e. The Balaban J connectivity index is 3.21. The average Bonchev–Trinajstić information content (AvgIpc) is 2.11. The molecule has 2 N–H and O–H groups in total. The number of hydrogen-bond donors (Lipinski definition) is 2. The van der Waals surface area contributed by atoms with Crippen LogP contribution in [0.1, 0.15) is 13.8 Å².